The Bertz CT molecular complexity index is 1160. The van der Waals surface area contributed by atoms with Gasteiger partial charge in [0, 0.05) is 24.5 Å². The minimum atomic E-state index is -4.61. The van der Waals surface area contributed by atoms with Crippen molar-refractivity contribution in [3.63, 3.8) is 0 Å². The van der Waals surface area contributed by atoms with Gasteiger partial charge in [0.25, 0.3) is 0 Å². The zero-order valence-electron chi connectivity index (χ0n) is 21.9. The Hall–Kier alpha value is -1.19. The Kier molecular flexibility index (Phi) is 11.1. The smallest absolute Gasteiger partial charge is 0.0146 e. The maximum absolute atomic E-state index is 11.9. The molecule has 0 unspecified atom stereocenters. The van der Waals surface area contributed by atoms with Gasteiger partial charge in [-0.15, -0.1) is 0 Å². The van der Waals surface area contributed by atoms with E-state index in [0.29, 0.717) is 6.26 Å². The molecule has 3 rings (SSSR count). The third kappa shape index (κ3) is 9.50. The first-order chi connectivity index (χ1) is 16.9. The topological polar surface area (TPSA) is 43.9 Å². The van der Waals surface area contributed by atoms with Crippen molar-refractivity contribution in [3.8, 4) is 0 Å². The Morgan fingerprint density at radius 1 is 0.892 bits per heavy atom. The number of hydrogen-bond acceptors (Lipinski definition) is 4. The third-order valence-electron chi connectivity index (χ3n) is 5.64. The molecule has 0 saturated carbocycles. The van der Waals surface area contributed by atoms with Crippen LogP contribution in [0.15, 0.2) is 24.3 Å². The van der Waals surface area contributed by atoms with Crippen LogP contribution in [0.5, 0.6) is 0 Å². The van der Waals surface area contributed by atoms with Gasteiger partial charge in [-0.25, -0.2) is 0 Å². The number of rotatable bonds is 5. The standard InChI is InChI=1S/C21H27N2.C4H6F3NO2S.2ClH.Ru/c1-14-9-16(3)20(17(4)10-14)22-7-8-23(13-22)21-18(5)11-15(2)12-19(21)6;1-8(11(2,9)10)3-4(5,6)7;;;/h9-13H,7-8H2,1-6H3;1H,3H2,2H3;2*1H;/q-1;;;;+2/p-2. The third-order valence-corrected chi connectivity index (χ3v) is 8.72. The van der Waals surface area contributed by atoms with E-state index in [0.717, 1.165) is 17.8 Å². The number of nitrogens with zero attached hydrogens (tertiary/aromatic N) is 3. The fourth-order valence-electron chi connectivity index (χ4n) is 4.56. The molecule has 0 N–H and O–H groups in total. The van der Waals surface area contributed by atoms with Gasteiger partial charge >= 0.3 is 92.5 Å². The second kappa shape index (κ2) is 12.8. The monoisotopic (exact) mass is 668 g/mol. The van der Waals surface area contributed by atoms with Crippen molar-refractivity contribution in [1.82, 2.24) is 4.31 Å². The Labute approximate surface area is 231 Å². The minimum absolute atomic E-state index is 0.117. The van der Waals surface area contributed by atoms with Gasteiger partial charge in [-0.3, -0.25) is 0 Å². The molecule has 0 aliphatic carbocycles. The molecule has 1 aliphatic rings. The summed E-state index contributed by atoms with van der Waals surface area (Å²) in [4.78, 5) is 4.81. The van der Waals surface area contributed by atoms with Crippen LogP contribution < -0.4 is 9.80 Å². The molecule has 1 aliphatic heterocycles. The van der Waals surface area contributed by atoms with Gasteiger partial charge in [0.05, 0.1) is 0 Å². The first-order valence-corrected chi connectivity index (χ1v) is 18.6. The number of aryl methyl sites for hydroxylation is 6. The van der Waals surface area contributed by atoms with Crippen molar-refractivity contribution in [3.05, 3.63) is 64.3 Å². The van der Waals surface area contributed by atoms with Crippen LogP contribution in [0.1, 0.15) is 33.4 Å². The van der Waals surface area contributed by atoms with Crippen molar-refractivity contribution >= 4 is 45.5 Å². The number of halogens is 5. The van der Waals surface area contributed by atoms with Crippen LogP contribution >= 0.6 is 19.4 Å². The quantitative estimate of drug-likeness (QED) is 0.271. The zero-order valence-corrected chi connectivity index (χ0v) is 26.0. The summed E-state index contributed by atoms with van der Waals surface area (Å²) in [6.07, 6.45) is -3.96. The summed E-state index contributed by atoms with van der Waals surface area (Å²) < 4.78 is 58.2. The molecule has 37 heavy (non-hydrogen) atoms. The number of benzene rings is 2. The fraction of sp³-hybridized carbons (Fsp3) is 0.440. The largest absolute Gasteiger partial charge is 0.502 e. The van der Waals surface area contributed by atoms with E-state index in [2.05, 4.69) is 82.3 Å². The second-order valence-corrected chi connectivity index (χ2v) is 16.8. The fourth-order valence-corrected chi connectivity index (χ4v) is 8.52. The predicted molar refractivity (Wildman–Crippen MR) is 146 cm³/mol. The van der Waals surface area contributed by atoms with E-state index in [9.17, 15) is 21.6 Å². The first-order valence-electron chi connectivity index (χ1n) is 11.3. The summed E-state index contributed by atoms with van der Waals surface area (Å²) in [5.41, 5.74) is 10.8. The number of sulfonamides is 1. The van der Waals surface area contributed by atoms with Gasteiger partial charge in [-0.05, 0) is 63.8 Å². The molecule has 2 aromatic rings. The Morgan fingerprint density at radius 2 is 1.24 bits per heavy atom. The van der Waals surface area contributed by atoms with E-state index < -0.39 is 36.3 Å². The second-order valence-electron chi connectivity index (χ2n) is 9.22. The SMILES string of the molecule is CS(=O)(=O)N([CH]=[Ru]([Cl])[Cl])CC(F)(F)F.Cc1cc(C)c(N2[CH-]N(c3c(C)cc(C)cc3C)CC2)c(C)c1. The summed E-state index contributed by atoms with van der Waals surface area (Å²) in [5.74, 6) is 0. The van der Waals surface area contributed by atoms with E-state index in [-0.39, 0.29) is 4.31 Å². The van der Waals surface area contributed by atoms with E-state index in [1.165, 1.54) is 44.8 Å². The van der Waals surface area contributed by atoms with Crippen molar-refractivity contribution in [2.45, 2.75) is 47.7 Å². The van der Waals surface area contributed by atoms with Gasteiger partial charge < -0.3 is 9.80 Å². The summed E-state index contributed by atoms with van der Waals surface area (Å²) in [6, 6.07) is 9.12. The molecule has 1 saturated heterocycles. The normalized spacial score (nSPS) is 14.6. The van der Waals surface area contributed by atoms with Crippen LogP contribution in [0, 0.1) is 48.2 Å². The summed E-state index contributed by atoms with van der Waals surface area (Å²) in [6.45, 7) is 16.0. The van der Waals surface area contributed by atoms with E-state index >= 15 is 0 Å². The first kappa shape index (κ1) is 32.0. The summed E-state index contributed by atoms with van der Waals surface area (Å²) in [7, 11) is 6.61. The molecular weight excluding hydrogens is 635 g/mol. The molecule has 0 radical (unpaired) electrons. The predicted octanol–water partition coefficient (Wildman–Crippen LogP) is 6.48. The van der Waals surface area contributed by atoms with Crippen LogP contribution in [-0.4, -0.2) is 49.5 Å². The molecule has 0 aromatic heterocycles. The molecule has 0 bridgehead atoms. The molecule has 0 amide bonds. The summed E-state index contributed by atoms with van der Waals surface area (Å²) in [5, 5.41) is 0. The molecule has 210 valence electrons. The molecular formula is C25H33Cl2F3N3O2RuS-. The zero-order chi connectivity index (χ0) is 28.3. The van der Waals surface area contributed by atoms with Crippen molar-refractivity contribution < 1.29 is 35.1 Å². The van der Waals surface area contributed by atoms with Gasteiger partial charge in [0.2, 0.25) is 0 Å². The van der Waals surface area contributed by atoms with Gasteiger partial charge in [0.15, 0.2) is 0 Å². The van der Waals surface area contributed by atoms with E-state index in [1.807, 2.05) is 0 Å². The van der Waals surface area contributed by atoms with Crippen molar-refractivity contribution in [2.24, 2.45) is 0 Å². The van der Waals surface area contributed by atoms with Crippen molar-refractivity contribution in [2.75, 3.05) is 35.7 Å². The molecule has 12 heteroatoms. The molecule has 5 nitrogen and oxygen atoms in total. The van der Waals surface area contributed by atoms with Crippen LogP contribution in [0.25, 0.3) is 0 Å². The minimum Gasteiger partial charge on any atom is -0.502 e. The van der Waals surface area contributed by atoms with Crippen LogP contribution in [-0.2, 0) is 23.5 Å². The van der Waals surface area contributed by atoms with Crippen LogP contribution in [0.2, 0.25) is 0 Å². The molecule has 0 atom stereocenters. The number of alkyl halides is 3. The maximum Gasteiger partial charge on any atom is 0.0146 e. The number of anilines is 2. The Balaban J connectivity index is 0.000000298. The van der Waals surface area contributed by atoms with Gasteiger partial charge in [-0.1, -0.05) is 35.4 Å². The van der Waals surface area contributed by atoms with Crippen LogP contribution in [0.3, 0.4) is 0 Å². The molecule has 0 spiro atoms. The number of hydrogen-bond donors (Lipinski definition) is 0. The van der Waals surface area contributed by atoms with Crippen molar-refractivity contribution in [1.29, 1.82) is 0 Å². The molecule has 1 heterocycles. The average molecular weight is 669 g/mol. The molecule has 2 aromatic carbocycles. The van der Waals surface area contributed by atoms with Gasteiger partial charge in [0.1, 0.15) is 0 Å². The van der Waals surface area contributed by atoms with E-state index in [4.69, 9.17) is 19.4 Å². The molecule has 1 fully saturated rings. The maximum atomic E-state index is 11.9. The average Bonchev–Trinajstić information content (AvgIpc) is 3.13. The van der Waals surface area contributed by atoms with Crippen LogP contribution in [0.4, 0.5) is 24.5 Å². The van der Waals surface area contributed by atoms with E-state index in [1.54, 1.807) is 0 Å². The Morgan fingerprint density at radius 3 is 1.51 bits per heavy atom. The summed E-state index contributed by atoms with van der Waals surface area (Å²) >= 11 is -2.59. The van der Waals surface area contributed by atoms with Gasteiger partial charge in [-0.2, -0.15) is 6.67 Å².